The van der Waals surface area contributed by atoms with Crippen LogP contribution in [-0.4, -0.2) is 16.1 Å². The molecule has 0 saturated carbocycles. The molecule has 3 rings (SSSR count). The van der Waals surface area contributed by atoms with Crippen LogP contribution in [0.2, 0.25) is 0 Å². The van der Waals surface area contributed by atoms with Crippen molar-refractivity contribution in [3.63, 3.8) is 0 Å². The Morgan fingerprint density at radius 2 is 1.85 bits per heavy atom. The minimum Gasteiger partial charge on any atom is -0.477 e. The molecule has 0 fully saturated rings. The number of carboxylic acid groups (broad SMARTS) is 1. The first-order valence-corrected chi connectivity index (χ1v) is 6.49. The summed E-state index contributed by atoms with van der Waals surface area (Å²) in [5, 5.41) is 10.0. The van der Waals surface area contributed by atoms with Crippen molar-refractivity contribution < 1.29 is 9.90 Å². The van der Waals surface area contributed by atoms with E-state index < -0.39 is 5.97 Å². The molecule has 2 N–H and O–H groups in total. The standard InChI is InChI=1S/C17H15NO2/c1-10-6-7-13(11(2)8-10)14-5-3-4-12-9-15(17(19)20)18-16(12)14/h3-9,18H,1-2H3,(H,19,20). The average molecular weight is 265 g/mol. The van der Waals surface area contributed by atoms with E-state index in [9.17, 15) is 4.79 Å². The smallest absolute Gasteiger partial charge is 0.352 e. The van der Waals surface area contributed by atoms with E-state index in [1.807, 2.05) is 18.2 Å². The maximum atomic E-state index is 11.1. The zero-order valence-electron chi connectivity index (χ0n) is 11.4. The van der Waals surface area contributed by atoms with Crippen molar-refractivity contribution in [2.24, 2.45) is 0 Å². The molecule has 0 aliphatic rings. The van der Waals surface area contributed by atoms with Gasteiger partial charge in [-0.05, 0) is 31.0 Å². The molecular formula is C17H15NO2. The number of aromatic amines is 1. The van der Waals surface area contributed by atoms with Crippen molar-refractivity contribution in [1.29, 1.82) is 0 Å². The van der Waals surface area contributed by atoms with E-state index in [2.05, 4.69) is 37.0 Å². The number of fused-ring (bicyclic) bond motifs is 1. The third-order valence-corrected chi connectivity index (χ3v) is 3.56. The molecule has 2 aromatic carbocycles. The van der Waals surface area contributed by atoms with Gasteiger partial charge >= 0.3 is 5.97 Å². The Bertz CT molecular complexity index is 815. The van der Waals surface area contributed by atoms with Crippen LogP contribution in [0, 0.1) is 13.8 Å². The Hall–Kier alpha value is -2.55. The predicted octanol–water partition coefficient (Wildman–Crippen LogP) is 4.15. The predicted molar refractivity (Wildman–Crippen MR) is 80.2 cm³/mol. The first-order chi connectivity index (χ1) is 9.56. The van der Waals surface area contributed by atoms with Crippen LogP contribution in [0.3, 0.4) is 0 Å². The number of para-hydroxylation sites is 1. The fraction of sp³-hybridized carbons (Fsp3) is 0.118. The molecule has 20 heavy (non-hydrogen) atoms. The molecule has 0 spiro atoms. The molecule has 0 amide bonds. The van der Waals surface area contributed by atoms with Gasteiger partial charge in [0.2, 0.25) is 0 Å². The van der Waals surface area contributed by atoms with Crippen molar-refractivity contribution in [2.45, 2.75) is 13.8 Å². The Balaban J connectivity index is 2.28. The summed E-state index contributed by atoms with van der Waals surface area (Å²) in [5.74, 6) is -0.937. The second-order valence-corrected chi connectivity index (χ2v) is 5.08. The van der Waals surface area contributed by atoms with E-state index in [1.54, 1.807) is 6.07 Å². The molecule has 100 valence electrons. The van der Waals surface area contributed by atoms with E-state index in [1.165, 1.54) is 11.1 Å². The van der Waals surface area contributed by atoms with Crippen molar-refractivity contribution in [2.75, 3.05) is 0 Å². The zero-order valence-corrected chi connectivity index (χ0v) is 11.4. The normalized spacial score (nSPS) is 10.9. The molecule has 0 saturated heterocycles. The number of hydrogen-bond donors (Lipinski definition) is 2. The minimum atomic E-state index is -0.937. The van der Waals surface area contributed by atoms with E-state index in [4.69, 9.17) is 5.11 Å². The van der Waals surface area contributed by atoms with Gasteiger partial charge in [0.15, 0.2) is 0 Å². The van der Waals surface area contributed by atoms with Gasteiger partial charge in [0, 0.05) is 10.9 Å². The van der Waals surface area contributed by atoms with E-state index >= 15 is 0 Å². The summed E-state index contributed by atoms with van der Waals surface area (Å²) in [6, 6.07) is 13.9. The van der Waals surface area contributed by atoms with Crippen molar-refractivity contribution in [1.82, 2.24) is 4.98 Å². The van der Waals surface area contributed by atoms with Gasteiger partial charge in [0.1, 0.15) is 5.69 Å². The van der Waals surface area contributed by atoms with Crippen LogP contribution in [0.4, 0.5) is 0 Å². The Labute approximate surface area is 116 Å². The van der Waals surface area contributed by atoms with Crippen LogP contribution >= 0.6 is 0 Å². The highest BCUT2D eigenvalue weighted by atomic mass is 16.4. The summed E-state index contributed by atoms with van der Waals surface area (Å²) >= 11 is 0. The summed E-state index contributed by atoms with van der Waals surface area (Å²) in [6.45, 7) is 4.14. The maximum absolute atomic E-state index is 11.1. The van der Waals surface area contributed by atoms with Gasteiger partial charge in [0.05, 0.1) is 5.52 Å². The Morgan fingerprint density at radius 1 is 1.05 bits per heavy atom. The number of carbonyl (C=O) groups is 1. The number of carboxylic acids is 1. The number of aromatic nitrogens is 1. The van der Waals surface area contributed by atoms with Crippen LogP contribution in [-0.2, 0) is 0 Å². The van der Waals surface area contributed by atoms with Gasteiger partial charge in [-0.3, -0.25) is 0 Å². The number of rotatable bonds is 2. The number of aromatic carboxylic acids is 1. The molecular weight excluding hydrogens is 250 g/mol. The van der Waals surface area contributed by atoms with Gasteiger partial charge in [-0.1, -0.05) is 42.0 Å². The lowest BCUT2D eigenvalue weighted by molar-refractivity contribution is 0.0691. The van der Waals surface area contributed by atoms with Crippen molar-refractivity contribution >= 4 is 16.9 Å². The molecule has 3 nitrogen and oxygen atoms in total. The molecule has 0 aliphatic heterocycles. The van der Waals surface area contributed by atoms with Gasteiger partial charge in [-0.15, -0.1) is 0 Å². The molecule has 0 bridgehead atoms. The summed E-state index contributed by atoms with van der Waals surface area (Å²) in [6.07, 6.45) is 0. The number of benzene rings is 2. The van der Waals surface area contributed by atoms with Gasteiger partial charge in [0.25, 0.3) is 0 Å². The molecule has 3 heteroatoms. The highest BCUT2D eigenvalue weighted by molar-refractivity contribution is 6.00. The Kier molecular flexibility index (Phi) is 2.83. The second-order valence-electron chi connectivity index (χ2n) is 5.08. The summed E-state index contributed by atoms with van der Waals surface area (Å²) in [5.41, 5.74) is 5.65. The molecule has 3 aromatic rings. The third kappa shape index (κ3) is 1.97. The number of aryl methyl sites for hydroxylation is 2. The summed E-state index contributed by atoms with van der Waals surface area (Å²) in [7, 11) is 0. The lowest BCUT2D eigenvalue weighted by Gasteiger charge is -2.08. The van der Waals surface area contributed by atoms with Gasteiger partial charge in [-0.25, -0.2) is 4.79 Å². The van der Waals surface area contributed by atoms with E-state index in [0.29, 0.717) is 0 Å². The van der Waals surface area contributed by atoms with Gasteiger partial charge < -0.3 is 10.1 Å². The summed E-state index contributed by atoms with van der Waals surface area (Å²) < 4.78 is 0. The fourth-order valence-electron chi connectivity index (χ4n) is 2.61. The molecule has 1 heterocycles. The van der Waals surface area contributed by atoms with Crippen molar-refractivity contribution in [3.05, 3.63) is 59.3 Å². The van der Waals surface area contributed by atoms with E-state index in [0.717, 1.165) is 22.0 Å². The van der Waals surface area contributed by atoms with Crippen LogP contribution < -0.4 is 0 Å². The van der Waals surface area contributed by atoms with Crippen LogP contribution in [0.25, 0.3) is 22.0 Å². The third-order valence-electron chi connectivity index (χ3n) is 3.56. The average Bonchev–Trinajstić information content (AvgIpc) is 2.83. The number of H-pyrrole nitrogens is 1. The first kappa shape index (κ1) is 12.5. The Morgan fingerprint density at radius 3 is 2.55 bits per heavy atom. The van der Waals surface area contributed by atoms with Crippen molar-refractivity contribution in [3.8, 4) is 11.1 Å². The van der Waals surface area contributed by atoms with Crippen LogP contribution in [0.5, 0.6) is 0 Å². The van der Waals surface area contributed by atoms with E-state index in [-0.39, 0.29) is 5.69 Å². The highest BCUT2D eigenvalue weighted by Crippen LogP contribution is 2.31. The SMILES string of the molecule is Cc1ccc(-c2cccc3cc(C(=O)O)[nH]c23)c(C)c1. The fourth-order valence-corrected chi connectivity index (χ4v) is 2.61. The molecule has 0 atom stereocenters. The van der Waals surface area contributed by atoms with Gasteiger partial charge in [-0.2, -0.15) is 0 Å². The highest BCUT2D eigenvalue weighted by Gasteiger charge is 2.12. The molecule has 0 aliphatic carbocycles. The number of hydrogen-bond acceptors (Lipinski definition) is 1. The molecule has 0 radical (unpaired) electrons. The lowest BCUT2D eigenvalue weighted by Crippen LogP contribution is -1.95. The maximum Gasteiger partial charge on any atom is 0.352 e. The topological polar surface area (TPSA) is 53.1 Å². The number of nitrogens with one attached hydrogen (secondary N) is 1. The zero-order chi connectivity index (χ0) is 14.3. The molecule has 1 aromatic heterocycles. The first-order valence-electron chi connectivity index (χ1n) is 6.49. The molecule has 0 unspecified atom stereocenters. The second kappa shape index (κ2) is 4.53. The quantitative estimate of drug-likeness (QED) is 0.731. The summed E-state index contributed by atoms with van der Waals surface area (Å²) in [4.78, 5) is 14.1. The van der Waals surface area contributed by atoms with Crippen LogP contribution in [0.15, 0.2) is 42.5 Å². The lowest BCUT2D eigenvalue weighted by atomic mass is 9.97. The largest absolute Gasteiger partial charge is 0.477 e. The monoisotopic (exact) mass is 265 g/mol. The van der Waals surface area contributed by atoms with Crippen LogP contribution in [0.1, 0.15) is 21.6 Å². The minimum absolute atomic E-state index is 0.220.